The van der Waals surface area contributed by atoms with E-state index in [2.05, 4.69) is 44.5 Å². The summed E-state index contributed by atoms with van der Waals surface area (Å²) in [6, 6.07) is -0.621. The van der Waals surface area contributed by atoms with E-state index in [0.29, 0.717) is 6.42 Å². The molecule has 0 saturated carbocycles. The van der Waals surface area contributed by atoms with Crippen molar-refractivity contribution in [1.29, 1.82) is 0 Å². The van der Waals surface area contributed by atoms with Gasteiger partial charge in [-0.25, -0.2) is 8.42 Å². The van der Waals surface area contributed by atoms with Gasteiger partial charge in [-0.2, -0.15) is 0 Å². The second-order valence-corrected chi connectivity index (χ2v) is 20.2. The van der Waals surface area contributed by atoms with Crippen molar-refractivity contribution in [2.24, 2.45) is 0 Å². The van der Waals surface area contributed by atoms with Crippen molar-refractivity contribution in [2.45, 2.75) is 195 Å². The molecule has 4 amide bonds. The Labute approximate surface area is 450 Å². The molecule has 5 rings (SSSR count). The summed E-state index contributed by atoms with van der Waals surface area (Å²) in [5.41, 5.74) is 0.0191. The number of allylic oxidation sites excluding steroid dienone is 2. The Morgan fingerprint density at radius 2 is 1.05 bits per heavy atom. The normalized spacial score (nSPS) is 35.4. The number of aliphatic hydroxyl groups excluding tert-OH is 9. The van der Waals surface area contributed by atoms with Crippen LogP contribution in [-0.4, -0.2) is 238 Å². The molecule has 78 heavy (non-hydrogen) atoms. The Morgan fingerprint density at radius 1 is 0.590 bits per heavy atom. The van der Waals surface area contributed by atoms with Crippen LogP contribution in [0.1, 0.15) is 83.0 Å². The van der Waals surface area contributed by atoms with Crippen molar-refractivity contribution in [1.82, 2.24) is 21.3 Å². The highest BCUT2D eigenvalue weighted by molar-refractivity contribution is 7.80. The molecule has 1 aromatic rings. The SMILES string of the molecule is CCCCCC/C=C\CCCOc1ccccc1C(=O)NC1[C@H](O[C@@H]2C(CO)O[C@@H](O[C@@H]3C(CO)O[C@@H](O[C@@H]4C(COS(=O)(=O)[O-])O[C@@H](O)C(NC(C)=O)C4O)C(NC(C)=O)[C@H]3O)C(NC(C)=O)C2O)OC(CO)[C@@H](O)[C@@H]1O. The molecule has 4 aliphatic rings. The van der Waals surface area contributed by atoms with E-state index in [1.807, 2.05) is 0 Å². The summed E-state index contributed by atoms with van der Waals surface area (Å²) in [6.07, 6.45) is -18.6. The van der Waals surface area contributed by atoms with Gasteiger partial charge in [-0.1, -0.05) is 50.5 Å². The maximum absolute atomic E-state index is 14.0. The molecule has 444 valence electrons. The lowest BCUT2D eigenvalue weighted by Crippen LogP contribution is -2.71. The van der Waals surface area contributed by atoms with Crippen LogP contribution in [0.25, 0.3) is 0 Å². The fourth-order valence-corrected chi connectivity index (χ4v) is 9.69. The molecule has 13 N–H and O–H groups in total. The summed E-state index contributed by atoms with van der Waals surface area (Å²) >= 11 is 0. The third-order valence-electron chi connectivity index (χ3n) is 13.2. The molecule has 4 aliphatic heterocycles. The van der Waals surface area contributed by atoms with Crippen molar-refractivity contribution in [2.75, 3.05) is 33.0 Å². The first-order chi connectivity index (χ1) is 37.0. The van der Waals surface area contributed by atoms with Crippen LogP contribution in [0.5, 0.6) is 5.75 Å². The van der Waals surface area contributed by atoms with Crippen LogP contribution in [0, 0.1) is 0 Å². The molecule has 0 radical (unpaired) electrons. The Morgan fingerprint density at radius 3 is 1.55 bits per heavy atom. The Hall–Kier alpha value is -4.13. The second-order valence-electron chi connectivity index (χ2n) is 19.2. The number of nitrogens with one attached hydrogen (secondary N) is 4. The van der Waals surface area contributed by atoms with Gasteiger partial charge in [0.1, 0.15) is 103 Å². The van der Waals surface area contributed by atoms with E-state index in [0.717, 1.165) is 46.5 Å². The zero-order valence-electron chi connectivity index (χ0n) is 43.5. The zero-order valence-corrected chi connectivity index (χ0v) is 44.3. The van der Waals surface area contributed by atoms with Gasteiger partial charge in [-0.15, -0.1) is 0 Å². The van der Waals surface area contributed by atoms with Gasteiger partial charge in [0.15, 0.2) is 25.2 Å². The number of benzene rings is 1. The monoisotopic (exact) mass is 1140 g/mol. The van der Waals surface area contributed by atoms with E-state index in [4.69, 9.17) is 37.9 Å². The van der Waals surface area contributed by atoms with Crippen LogP contribution in [0.2, 0.25) is 0 Å². The van der Waals surface area contributed by atoms with E-state index in [1.54, 1.807) is 18.2 Å². The first-order valence-electron chi connectivity index (χ1n) is 25.6. The maximum atomic E-state index is 14.0. The highest BCUT2D eigenvalue weighted by Crippen LogP contribution is 2.35. The number of amides is 4. The molecule has 1 aromatic carbocycles. The molecule has 0 spiro atoms. The molecule has 0 aromatic heterocycles. The number of ether oxygens (including phenoxy) is 8. The average Bonchev–Trinajstić information content (AvgIpc) is 3.41. The molecule has 0 aliphatic carbocycles. The number of hydrogen-bond acceptors (Lipinski definition) is 25. The smallest absolute Gasteiger partial charge is 0.255 e. The quantitative estimate of drug-likeness (QED) is 0.0170. The van der Waals surface area contributed by atoms with Crippen LogP contribution < -0.4 is 26.0 Å². The number of aliphatic hydroxyl groups is 9. The predicted molar refractivity (Wildman–Crippen MR) is 262 cm³/mol. The summed E-state index contributed by atoms with van der Waals surface area (Å²) in [5, 5.41) is 109. The minimum Gasteiger partial charge on any atom is -0.726 e. The summed E-state index contributed by atoms with van der Waals surface area (Å²) in [4.78, 5) is 51.3. The molecule has 0 bridgehead atoms. The van der Waals surface area contributed by atoms with Crippen LogP contribution in [0.3, 0.4) is 0 Å². The number of unbranched alkanes of at least 4 members (excludes halogenated alkanes) is 5. The Kier molecular flexibility index (Phi) is 25.4. The van der Waals surface area contributed by atoms with Crippen molar-refractivity contribution >= 4 is 34.0 Å². The van der Waals surface area contributed by atoms with Gasteiger partial charge in [-0.3, -0.25) is 23.4 Å². The predicted octanol–water partition coefficient (Wildman–Crippen LogP) is -4.71. The van der Waals surface area contributed by atoms with Crippen LogP contribution in [0.4, 0.5) is 0 Å². The minimum absolute atomic E-state index is 0.0191. The number of rotatable bonds is 27. The van der Waals surface area contributed by atoms with Crippen LogP contribution in [-0.2, 0) is 62.1 Å². The number of carbonyl (C=O) groups is 4. The highest BCUT2D eigenvalue weighted by atomic mass is 32.3. The van der Waals surface area contributed by atoms with E-state index in [9.17, 15) is 78.1 Å². The fourth-order valence-electron chi connectivity index (χ4n) is 9.39. The van der Waals surface area contributed by atoms with E-state index < -0.39 is 183 Å². The summed E-state index contributed by atoms with van der Waals surface area (Å²) in [7, 11) is -5.41. The zero-order chi connectivity index (χ0) is 57.4. The molecular weight excluding hydrogens is 1060 g/mol. The number of para-hydroxylation sites is 1. The van der Waals surface area contributed by atoms with E-state index >= 15 is 0 Å². The Balaban J connectivity index is 1.36. The van der Waals surface area contributed by atoms with E-state index in [-0.39, 0.29) is 17.9 Å². The van der Waals surface area contributed by atoms with Crippen LogP contribution >= 0.6 is 0 Å². The molecule has 20 atom stereocenters. The maximum Gasteiger partial charge on any atom is 0.255 e. The van der Waals surface area contributed by atoms with Gasteiger partial charge in [0.05, 0.1) is 38.6 Å². The summed E-state index contributed by atoms with van der Waals surface area (Å²) < 4.78 is 85.8. The average molecular weight is 1140 g/mol. The molecule has 30 heteroatoms. The van der Waals surface area contributed by atoms with Gasteiger partial charge in [0, 0.05) is 20.8 Å². The first-order valence-corrected chi connectivity index (χ1v) is 27.0. The lowest BCUT2D eigenvalue weighted by Gasteiger charge is -2.51. The van der Waals surface area contributed by atoms with Gasteiger partial charge in [0.2, 0.25) is 28.1 Å². The standard InChI is InChI=1S/C48H76N4O25S/c1-5-6-7-8-9-10-11-12-15-18-69-27-17-14-13-16-26(27)44(64)52-33-37(60)36(59)28(19-53)72-46(33)75-41-29(20-54)73-47(34(39(41)62)50-24(3)57)76-42-30(21-55)74-48(35(40(42)63)51-25(4)58)77-43-31(22-70-78(66,67)68)71-45(65)32(38(43)61)49-23(2)56/h10-11,13-14,16-17,28-43,45-48,53-55,59-63,65H,5-9,12,15,18-22H2,1-4H3,(H,49,56)(H,50,57)(H,51,58)(H,52,64)(H,66,67,68)/p-1/b11-10-/t28?,29?,30?,31?,32?,33?,34?,35?,36-,37-,38?,39?,40-,41-,42-,43-,45-,46+,47+,48+/m1/s1. The fraction of sp³-hybridized carbons (Fsp3) is 0.750. The van der Waals surface area contributed by atoms with Crippen molar-refractivity contribution in [3.8, 4) is 5.75 Å². The molecular formula is C48H75N4O25S-. The summed E-state index contributed by atoms with van der Waals surface area (Å²) in [6.45, 7) is 1.38. The third kappa shape index (κ3) is 17.7. The number of hydrogen-bond donors (Lipinski definition) is 13. The van der Waals surface area contributed by atoms with Gasteiger partial charge in [0.25, 0.3) is 5.91 Å². The van der Waals surface area contributed by atoms with Crippen molar-refractivity contribution in [3.63, 3.8) is 0 Å². The van der Waals surface area contributed by atoms with Gasteiger partial charge < -0.3 is 110 Å². The molecule has 10 unspecified atom stereocenters. The lowest BCUT2D eigenvalue weighted by molar-refractivity contribution is -0.361. The molecule has 4 saturated heterocycles. The van der Waals surface area contributed by atoms with E-state index in [1.165, 1.54) is 18.9 Å². The summed E-state index contributed by atoms with van der Waals surface area (Å²) in [5.74, 6) is -3.08. The second kappa shape index (κ2) is 30.6. The largest absolute Gasteiger partial charge is 0.726 e. The minimum atomic E-state index is -5.41. The van der Waals surface area contributed by atoms with Crippen molar-refractivity contribution in [3.05, 3.63) is 42.0 Å². The molecule has 29 nitrogen and oxygen atoms in total. The topological polar surface area (TPSA) is 439 Å². The van der Waals surface area contributed by atoms with Crippen LogP contribution in [0.15, 0.2) is 36.4 Å². The van der Waals surface area contributed by atoms with Gasteiger partial charge >= 0.3 is 0 Å². The highest BCUT2D eigenvalue weighted by Gasteiger charge is 2.56. The number of carbonyl (C=O) groups excluding carboxylic acids is 4. The first kappa shape index (κ1) is 64.7. The Bertz CT molecular complexity index is 2220. The van der Waals surface area contributed by atoms with Crippen molar-refractivity contribution < 1.29 is 120 Å². The van der Waals surface area contributed by atoms with Gasteiger partial charge in [-0.05, 0) is 37.8 Å². The molecule has 4 heterocycles. The molecule has 4 fully saturated rings. The lowest BCUT2D eigenvalue weighted by atomic mass is 9.93. The third-order valence-corrected chi connectivity index (χ3v) is 13.7.